The Balaban J connectivity index is 1.40. The van der Waals surface area contributed by atoms with Crippen LogP contribution in [0.3, 0.4) is 0 Å². The fourth-order valence-corrected chi connectivity index (χ4v) is 12.8. The van der Waals surface area contributed by atoms with Crippen LogP contribution in [0.4, 0.5) is 0 Å². The van der Waals surface area contributed by atoms with Gasteiger partial charge < -0.3 is 20.3 Å². The molecular weight excluding hydrogens is 649 g/mol. The average Bonchev–Trinajstić information content (AvgIpc) is 3.58. The normalized spacial score (nSPS) is 41.7. The molecule has 2 aromatic rings. The number of allylic oxidation sites excluding steroid dienone is 1. The summed E-state index contributed by atoms with van der Waals surface area (Å²) in [6, 6.07) is 10.3. The minimum absolute atomic E-state index is 0.0834. The van der Waals surface area contributed by atoms with E-state index >= 15 is 0 Å². The lowest BCUT2D eigenvalue weighted by Crippen LogP contribution is -2.70. The average molecular weight is 715 g/mol. The summed E-state index contributed by atoms with van der Waals surface area (Å²) in [7, 11) is 0. The minimum atomic E-state index is -0.629. The van der Waals surface area contributed by atoms with Crippen LogP contribution in [-0.2, 0) is 14.3 Å². The number of rotatable bonds is 9. The van der Waals surface area contributed by atoms with Gasteiger partial charge in [-0.2, -0.15) is 5.10 Å². The fourth-order valence-electron chi connectivity index (χ4n) is 12.8. The van der Waals surface area contributed by atoms with E-state index in [1.165, 1.54) is 5.57 Å². The molecule has 2 bridgehead atoms. The van der Waals surface area contributed by atoms with Crippen molar-refractivity contribution in [1.29, 1.82) is 0 Å². The lowest BCUT2D eigenvalue weighted by molar-refractivity contribution is -0.254. The van der Waals surface area contributed by atoms with Gasteiger partial charge in [0, 0.05) is 16.5 Å². The Morgan fingerprint density at radius 3 is 2.42 bits per heavy atom. The predicted molar refractivity (Wildman–Crippen MR) is 205 cm³/mol. The van der Waals surface area contributed by atoms with Gasteiger partial charge in [0.1, 0.15) is 6.33 Å². The van der Waals surface area contributed by atoms with Crippen molar-refractivity contribution in [3.8, 4) is 11.4 Å². The number of carboxylic acid groups (broad SMARTS) is 1. The monoisotopic (exact) mass is 715 g/mol. The highest BCUT2D eigenvalue weighted by Crippen LogP contribution is 2.75. The molecule has 286 valence electrons. The Morgan fingerprint density at radius 1 is 1.06 bits per heavy atom. The number of benzene rings is 1. The zero-order chi connectivity index (χ0) is 37.6. The Hall–Kier alpha value is -2.55. The summed E-state index contributed by atoms with van der Waals surface area (Å²) in [5, 5.41) is 16.2. The molecule has 1 aromatic heterocycles. The second-order valence-corrected chi connectivity index (χ2v) is 19.9. The first-order valence-corrected chi connectivity index (χ1v) is 20.2. The molecule has 12 atom stereocenters. The molecule has 5 aliphatic rings. The highest BCUT2D eigenvalue weighted by molar-refractivity contribution is 5.73. The van der Waals surface area contributed by atoms with Crippen LogP contribution in [0.1, 0.15) is 114 Å². The summed E-state index contributed by atoms with van der Waals surface area (Å²) in [6.45, 7) is 24.5. The molecule has 7 rings (SSSR count). The van der Waals surface area contributed by atoms with Gasteiger partial charge in [0.25, 0.3) is 0 Å². The standard InChI is InChI=1S/C44H66N4O4/c1-27(2)29(5)40(7)20-21-41(8)31-16-17-34-39(6)22-33(48-37(46-26-47-48)30-14-12-11-13-15-30)36(52-24-43(10,45)28(3)4)44(34,25-51-23-39)32(31)18-19-42(41,9)35(40)38(49)50/h11-15,18,26-29,31,33-36H,16-17,19-25,45H2,1-10H3,(H,49,50)/t29-,31+,33-,34-,35-,36+,39-,40-,41-,42+,43+,44+/m1/s1. The molecule has 4 aliphatic carbocycles. The molecule has 8 heteroatoms. The number of carbonyl (C=O) groups is 1. The van der Waals surface area contributed by atoms with Crippen LogP contribution < -0.4 is 5.73 Å². The SMILES string of the molecule is CC(C)[C@@H](C)[C@@]1(C)CC[C@]2(C)[C@H]3CC[C@@H]4[C@@]5(C)COC[C@@]4(C3=CC[C@@]2(C)[C@@H]1C(=O)O)[C@@H](OC[C@](C)(N)C(C)C)[C@H](n1ncnc1-c1ccccc1)C5. The largest absolute Gasteiger partial charge is 0.481 e. The number of carboxylic acids is 1. The summed E-state index contributed by atoms with van der Waals surface area (Å²) in [6.07, 6.45) is 9.66. The van der Waals surface area contributed by atoms with Crippen molar-refractivity contribution in [2.45, 2.75) is 125 Å². The molecule has 1 aliphatic heterocycles. The van der Waals surface area contributed by atoms with Gasteiger partial charge in [0.05, 0.1) is 37.9 Å². The van der Waals surface area contributed by atoms with Crippen molar-refractivity contribution in [3.63, 3.8) is 0 Å². The zero-order valence-corrected chi connectivity index (χ0v) is 33.6. The van der Waals surface area contributed by atoms with E-state index < -0.39 is 28.3 Å². The number of hydrogen-bond donors (Lipinski definition) is 2. The lowest BCUT2D eigenvalue weighted by Gasteiger charge is -2.71. The van der Waals surface area contributed by atoms with Crippen LogP contribution in [-0.4, -0.2) is 57.3 Å². The maximum absolute atomic E-state index is 13.6. The number of nitrogens with two attached hydrogens (primary N) is 1. The number of aromatic nitrogens is 3. The van der Waals surface area contributed by atoms with E-state index in [2.05, 4.69) is 104 Å². The summed E-state index contributed by atoms with van der Waals surface area (Å²) in [5.74, 6) is 1.33. The van der Waals surface area contributed by atoms with E-state index in [0.717, 1.165) is 49.9 Å². The van der Waals surface area contributed by atoms with Crippen LogP contribution in [0.2, 0.25) is 0 Å². The van der Waals surface area contributed by atoms with Crippen LogP contribution in [0, 0.1) is 62.6 Å². The molecule has 2 heterocycles. The molecule has 0 amide bonds. The third-order valence-electron chi connectivity index (χ3n) is 16.8. The second-order valence-electron chi connectivity index (χ2n) is 19.9. The number of nitrogens with zero attached hydrogens (tertiary/aromatic N) is 3. The van der Waals surface area contributed by atoms with Crippen molar-refractivity contribution in [2.75, 3.05) is 19.8 Å². The van der Waals surface area contributed by atoms with Crippen molar-refractivity contribution < 1.29 is 19.4 Å². The third kappa shape index (κ3) is 5.26. The molecule has 1 aromatic carbocycles. The number of fused-ring (bicyclic) bond motifs is 3. The summed E-state index contributed by atoms with van der Waals surface area (Å²) < 4.78 is 16.3. The molecule has 0 spiro atoms. The van der Waals surface area contributed by atoms with Gasteiger partial charge in [-0.3, -0.25) is 4.79 Å². The van der Waals surface area contributed by atoms with Gasteiger partial charge in [0.2, 0.25) is 0 Å². The van der Waals surface area contributed by atoms with Crippen LogP contribution in [0.5, 0.6) is 0 Å². The first kappa shape index (κ1) is 37.8. The Labute approximate surface area is 312 Å². The molecule has 3 N–H and O–H groups in total. The van der Waals surface area contributed by atoms with Gasteiger partial charge in [0.15, 0.2) is 5.82 Å². The molecular formula is C44H66N4O4. The highest BCUT2D eigenvalue weighted by Gasteiger charge is 2.72. The van der Waals surface area contributed by atoms with E-state index in [-0.39, 0.29) is 40.2 Å². The molecule has 4 fully saturated rings. The molecule has 52 heavy (non-hydrogen) atoms. The van der Waals surface area contributed by atoms with Crippen LogP contribution in [0.15, 0.2) is 48.3 Å². The van der Waals surface area contributed by atoms with E-state index in [4.69, 9.17) is 25.3 Å². The first-order valence-electron chi connectivity index (χ1n) is 20.2. The first-order chi connectivity index (χ1) is 24.4. The van der Waals surface area contributed by atoms with Gasteiger partial charge in [-0.05, 0) is 96.7 Å². The second kappa shape index (κ2) is 12.8. The zero-order valence-electron chi connectivity index (χ0n) is 33.6. The number of aliphatic carboxylic acids is 1. The molecule has 0 unspecified atom stereocenters. The minimum Gasteiger partial charge on any atom is -0.481 e. The van der Waals surface area contributed by atoms with E-state index in [1.54, 1.807) is 6.33 Å². The highest BCUT2D eigenvalue weighted by atomic mass is 16.5. The van der Waals surface area contributed by atoms with Crippen LogP contribution >= 0.6 is 0 Å². The van der Waals surface area contributed by atoms with Gasteiger partial charge >= 0.3 is 5.97 Å². The van der Waals surface area contributed by atoms with Gasteiger partial charge in [-0.1, -0.05) is 104 Å². The Morgan fingerprint density at radius 2 is 1.77 bits per heavy atom. The molecule has 3 saturated carbocycles. The molecule has 8 nitrogen and oxygen atoms in total. The van der Waals surface area contributed by atoms with Crippen molar-refractivity contribution >= 4 is 5.97 Å². The summed E-state index contributed by atoms with van der Waals surface area (Å²) in [4.78, 5) is 18.5. The number of ether oxygens (including phenoxy) is 2. The van der Waals surface area contributed by atoms with Crippen LogP contribution in [0.25, 0.3) is 11.4 Å². The smallest absolute Gasteiger partial charge is 0.307 e. The Kier molecular flexibility index (Phi) is 9.27. The maximum atomic E-state index is 13.6. The number of hydrogen-bond acceptors (Lipinski definition) is 6. The molecule has 1 saturated heterocycles. The van der Waals surface area contributed by atoms with Crippen molar-refractivity contribution in [2.24, 2.45) is 68.3 Å². The van der Waals surface area contributed by atoms with E-state index in [0.29, 0.717) is 37.6 Å². The lowest BCUT2D eigenvalue weighted by atomic mass is 9.34. The topological polar surface area (TPSA) is 112 Å². The summed E-state index contributed by atoms with van der Waals surface area (Å²) >= 11 is 0. The summed E-state index contributed by atoms with van der Waals surface area (Å²) in [5.41, 5.74) is 7.60. The molecule has 0 radical (unpaired) electrons. The fraction of sp³-hybridized carbons (Fsp3) is 0.750. The van der Waals surface area contributed by atoms with Crippen molar-refractivity contribution in [3.05, 3.63) is 48.3 Å². The van der Waals surface area contributed by atoms with Crippen molar-refractivity contribution in [1.82, 2.24) is 14.8 Å². The third-order valence-corrected chi connectivity index (χ3v) is 16.8. The predicted octanol–water partition coefficient (Wildman–Crippen LogP) is 8.83. The van der Waals surface area contributed by atoms with E-state index in [1.807, 2.05) is 6.07 Å². The van der Waals surface area contributed by atoms with Gasteiger partial charge in [-0.15, -0.1) is 0 Å². The quantitative estimate of drug-likeness (QED) is 0.250. The van der Waals surface area contributed by atoms with Gasteiger partial charge in [-0.25, -0.2) is 9.67 Å². The maximum Gasteiger partial charge on any atom is 0.307 e. The Bertz CT molecular complexity index is 1690. The van der Waals surface area contributed by atoms with E-state index in [9.17, 15) is 9.90 Å².